The van der Waals surface area contributed by atoms with Crippen molar-refractivity contribution < 1.29 is 0 Å². The zero-order valence-electron chi connectivity index (χ0n) is 10.7. The third-order valence-corrected chi connectivity index (χ3v) is 2.36. The predicted octanol–water partition coefficient (Wildman–Crippen LogP) is 1.65. The highest BCUT2D eigenvalue weighted by Gasteiger charge is 1.96. The lowest BCUT2D eigenvalue weighted by Gasteiger charge is -2.11. The second-order valence-electron chi connectivity index (χ2n) is 4.09. The third kappa shape index (κ3) is 3.05. The zero-order valence-corrected chi connectivity index (χ0v) is 10.7. The normalized spacial score (nSPS) is 9.50. The van der Waals surface area contributed by atoms with Gasteiger partial charge in [-0.15, -0.1) is 0 Å². The second-order valence-corrected chi connectivity index (χ2v) is 4.09. The number of hydrogen-bond acceptors (Lipinski definition) is 4. The van der Waals surface area contributed by atoms with Gasteiger partial charge in [0.15, 0.2) is 0 Å². The summed E-state index contributed by atoms with van der Waals surface area (Å²) in [5.74, 6) is 5.94. The van der Waals surface area contributed by atoms with Gasteiger partial charge in [0.1, 0.15) is 11.4 Å². The lowest BCUT2D eigenvalue weighted by atomic mass is 10.3. The number of hydrogen-bond donors (Lipinski definition) is 0. The highest BCUT2D eigenvalue weighted by atomic mass is 15.1. The topological polar surface area (TPSA) is 41.9 Å². The Bertz CT molecular complexity index is 591. The van der Waals surface area contributed by atoms with Crippen molar-refractivity contribution in [3.05, 3.63) is 47.8 Å². The van der Waals surface area contributed by atoms with Crippen molar-refractivity contribution in [2.24, 2.45) is 0 Å². The quantitative estimate of drug-likeness (QED) is 0.708. The molecule has 4 nitrogen and oxygen atoms in total. The molecule has 0 amide bonds. The molecular weight excluding hydrogens is 224 g/mol. The van der Waals surface area contributed by atoms with Gasteiger partial charge in [-0.1, -0.05) is 0 Å². The number of anilines is 1. The number of nitrogens with zero attached hydrogens (tertiary/aromatic N) is 4. The lowest BCUT2D eigenvalue weighted by molar-refractivity contribution is 1.10. The summed E-state index contributed by atoms with van der Waals surface area (Å²) in [6, 6.07) is 3.88. The summed E-state index contributed by atoms with van der Waals surface area (Å²) in [7, 11) is 3.97. The molecule has 2 aromatic heterocycles. The van der Waals surface area contributed by atoms with Crippen LogP contribution in [0.3, 0.4) is 0 Å². The molecule has 90 valence electrons. The largest absolute Gasteiger partial charge is 0.378 e. The van der Waals surface area contributed by atoms with E-state index in [2.05, 4.69) is 26.8 Å². The first kappa shape index (κ1) is 12.1. The van der Waals surface area contributed by atoms with Crippen molar-refractivity contribution in [1.82, 2.24) is 15.0 Å². The summed E-state index contributed by atoms with van der Waals surface area (Å²) in [6.45, 7) is 1.90. The van der Waals surface area contributed by atoms with Crippen LogP contribution in [0, 0.1) is 18.8 Å². The molecular formula is C14H14N4. The van der Waals surface area contributed by atoms with Crippen molar-refractivity contribution in [2.45, 2.75) is 6.92 Å². The summed E-state index contributed by atoms with van der Waals surface area (Å²) in [5.41, 5.74) is 3.33. The molecule has 0 aliphatic heterocycles. The van der Waals surface area contributed by atoms with E-state index in [0.717, 1.165) is 17.1 Å². The van der Waals surface area contributed by atoms with Crippen LogP contribution in [0.25, 0.3) is 0 Å². The van der Waals surface area contributed by atoms with Gasteiger partial charge in [-0.3, -0.25) is 4.98 Å². The van der Waals surface area contributed by atoms with E-state index in [1.807, 2.05) is 38.1 Å². The molecule has 0 bridgehead atoms. The first-order chi connectivity index (χ1) is 8.65. The Morgan fingerprint density at radius 3 is 2.44 bits per heavy atom. The van der Waals surface area contributed by atoms with Gasteiger partial charge in [0.25, 0.3) is 0 Å². The van der Waals surface area contributed by atoms with E-state index < -0.39 is 0 Å². The van der Waals surface area contributed by atoms with Gasteiger partial charge in [0.05, 0.1) is 11.9 Å². The molecule has 0 unspecified atom stereocenters. The molecule has 0 aliphatic rings. The zero-order chi connectivity index (χ0) is 13.0. The first-order valence-corrected chi connectivity index (χ1v) is 5.59. The fraction of sp³-hybridized carbons (Fsp3) is 0.214. The molecule has 0 radical (unpaired) electrons. The number of aromatic nitrogens is 3. The van der Waals surface area contributed by atoms with E-state index >= 15 is 0 Å². The van der Waals surface area contributed by atoms with Crippen LogP contribution in [0.4, 0.5) is 5.69 Å². The van der Waals surface area contributed by atoms with Crippen LogP contribution in [0.2, 0.25) is 0 Å². The minimum atomic E-state index is 0.651. The van der Waals surface area contributed by atoms with Crippen LogP contribution in [-0.2, 0) is 0 Å². The molecule has 0 aliphatic carbocycles. The summed E-state index contributed by atoms with van der Waals surface area (Å²) in [5, 5.41) is 0. The van der Waals surface area contributed by atoms with Crippen molar-refractivity contribution in [1.29, 1.82) is 0 Å². The van der Waals surface area contributed by atoms with E-state index in [4.69, 9.17) is 0 Å². The van der Waals surface area contributed by atoms with Gasteiger partial charge >= 0.3 is 0 Å². The van der Waals surface area contributed by atoms with E-state index in [1.54, 1.807) is 18.6 Å². The predicted molar refractivity (Wildman–Crippen MR) is 71.3 cm³/mol. The summed E-state index contributed by atoms with van der Waals surface area (Å²) in [4.78, 5) is 14.5. The van der Waals surface area contributed by atoms with Gasteiger partial charge < -0.3 is 4.90 Å². The molecule has 0 N–H and O–H groups in total. The Hall–Kier alpha value is -2.41. The smallest absolute Gasteiger partial charge is 0.131 e. The minimum Gasteiger partial charge on any atom is -0.378 e. The SMILES string of the molecule is Cc1cnc(C#Cc2cc(N(C)C)ccn2)cn1. The fourth-order valence-electron chi connectivity index (χ4n) is 1.35. The van der Waals surface area contributed by atoms with Crippen LogP contribution in [0.5, 0.6) is 0 Å². The molecule has 2 aromatic rings. The fourth-order valence-corrected chi connectivity index (χ4v) is 1.35. The standard InChI is InChI=1S/C14H14N4/c1-11-9-17-13(10-16-11)5-4-12-8-14(18(2)3)6-7-15-12/h6-10H,1-3H3. The van der Waals surface area contributed by atoms with Gasteiger partial charge in [0.2, 0.25) is 0 Å². The highest BCUT2D eigenvalue weighted by molar-refractivity contribution is 5.49. The molecule has 2 rings (SSSR count). The lowest BCUT2D eigenvalue weighted by Crippen LogP contribution is -2.08. The molecule has 4 heteroatoms. The van der Waals surface area contributed by atoms with E-state index in [0.29, 0.717) is 5.69 Å². The Morgan fingerprint density at radius 1 is 1.00 bits per heavy atom. The number of aryl methyl sites for hydroxylation is 1. The first-order valence-electron chi connectivity index (χ1n) is 5.59. The Kier molecular flexibility index (Phi) is 3.54. The van der Waals surface area contributed by atoms with Gasteiger partial charge in [-0.2, -0.15) is 0 Å². The molecule has 0 aromatic carbocycles. The van der Waals surface area contributed by atoms with Crippen LogP contribution in [-0.4, -0.2) is 29.0 Å². The highest BCUT2D eigenvalue weighted by Crippen LogP contribution is 2.10. The van der Waals surface area contributed by atoms with Crippen LogP contribution >= 0.6 is 0 Å². The van der Waals surface area contributed by atoms with E-state index in [-0.39, 0.29) is 0 Å². The molecule has 2 heterocycles. The average Bonchev–Trinajstić information content (AvgIpc) is 2.38. The van der Waals surface area contributed by atoms with Gasteiger partial charge in [-0.05, 0) is 30.9 Å². The Balaban J connectivity index is 2.24. The van der Waals surface area contributed by atoms with Crippen molar-refractivity contribution in [2.75, 3.05) is 19.0 Å². The van der Waals surface area contributed by atoms with E-state index in [9.17, 15) is 0 Å². The van der Waals surface area contributed by atoms with Crippen molar-refractivity contribution in [3.8, 4) is 11.8 Å². The van der Waals surface area contributed by atoms with Crippen LogP contribution in [0.1, 0.15) is 17.1 Å². The molecule has 0 saturated carbocycles. The van der Waals surface area contributed by atoms with E-state index in [1.165, 1.54) is 0 Å². The Labute approximate surface area is 107 Å². The monoisotopic (exact) mass is 238 g/mol. The minimum absolute atomic E-state index is 0.651. The molecule has 0 atom stereocenters. The summed E-state index contributed by atoms with van der Waals surface area (Å²) in [6.07, 6.45) is 5.12. The van der Waals surface area contributed by atoms with Gasteiger partial charge in [-0.25, -0.2) is 9.97 Å². The maximum Gasteiger partial charge on any atom is 0.131 e. The molecule has 0 spiro atoms. The summed E-state index contributed by atoms with van der Waals surface area (Å²) < 4.78 is 0. The maximum absolute atomic E-state index is 4.21. The van der Waals surface area contributed by atoms with Crippen molar-refractivity contribution in [3.63, 3.8) is 0 Å². The molecule has 0 saturated heterocycles. The van der Waals surface area contributed by atoms with Crippen LogP contribution in [0.15, 0.2) is 30.7 Å². The summed E-state index contributed by atoms with van der Waals surface area (Å²) >= 11 is 0. The number of pyridine rings is 1. The maximum atomic E-state index is 4.21. The van der Waals surface area contributed by atoms with Crippen molar-refractivity contribution >= 4 is 5.69 Å². The van der Waals surface area contributed by atoms with Gasteiger partial charge in [0, 0.05) is 32.2 Å². The average molecular weight is 238 g/mol. The number of rotatable bonds is 1. The Morgan fingerprint density at radius 2 is 1.78 bits per heavy atom. The molecule has 0 fully saturated rings. The molecule has 18 heavy (non-hydrogen) atoms. The van der Waals surface area contributed by atoms with Crippen LogP contribution < -0.4 is 4.90 Å². The third-order valence-electron chi connectivity index (χ3n) is 2.36. The second kappa shape index (κ2) is 5.28.